The van der Waals surface area contributed by atoms with Crippen LogP contribution in [0.3, 0.4) is 0 Å². The molecular weight excluding hydrogens is 334 g/mol. The first-order valence-electron chi connectivity index (χ1n) is 6.64. The first-order valence-corrected chi connectivity index (χ1v) is 7.81. The van der Waals surface area contributed by atoms with Crippen LogP contribution in [0.4, 0.5) is 0 Å². The van der Waals surface area contributed by atoms with Gasteiger partial charge in [0, 0.05) is 9.50 Å². The minimum Gasteiger partial charge on any atom is -0.309 e. The quantitative estimate of drug-likeness (QED) is 0.786. The molecule has 1 nitrogen and oxygen atoms in total. The first kappa shape index (κ1) is 15.6. The summed E-state index contributed by atoms with van der Waals surface area (Å²) in [6.07, 6.45) is 0. The Hall–Kier alpha value is -0.830. The lowest BCUT2D eigenvalue weighted by Crippen LogP contribution is -2.19. The zero-order valence-electron chi connectivity index (χ0n) is 12.2. The summed E-state index contributed by atoms with van der Waals surface area (Å²) in [5.74, 6) is 0. The molecule has 0 aliphatic heterocycles. The van der Waals surface area contributed by atoms with Crippen molar-refractivity contribution in [2.75, 3.05) is 7.05 Å². The van der Waals surface area contributed by atoms with E-state index in [2.05, 4.69) is 66.3 Å². The van der Waals surface area contributed by atoms with Crippen LogP contribution in [0, 0.1) is 20.8 Å². The molecule has 1 atom stereocenters. The number of aryl methyl sites for hydroxylation is 3. The molecule has 0 aliphatic carbocycles. The van der Waals surface area contributed by atoms with Crippen LogP contribution in [0.2, 0.25) is 5.02 Å². The van der Waals surface area contributed by atoms with E-state index in [0.29, 0.717) is 0 Å². The van der Waals surface area contributed by atoms with Gasteiger partial charge in [-0.05, 0) is 67.8 Å². The molecule has 0 saturated heterocycles. The monoisotopic (exact) mass is 351 g/mol. The normalized spacial score (nSPS) is 12.5. The van der Waals surface area contributed by atoms with E-state index < -0.39 is 0 Å². The molecule has 2 rings (SSSR count). The highest BCUT2D eigenvalue weighted by molar-refractivity contribution is 9.10. The molecule has 20 heavy (non-hydrogen) atoms. The van der Waals surface area contributed by atoms with Gasteiger partial charge in [-0.1, -0.05) is 45.7 Å². The van der Waals surface area contributed by atoms with Crippen molar-refractivity contribution in [2.45, 2.75) is 26.8 Å². The molecular formula is C17H19BrClN. The predicted octanol–water partition coefficient (Wildman–Crippen LogP) is 5.34. The second-order valence-corrected chi connectivity index (χ2v) is 6.47. The Morgan fingerprint density at radius 1 is 1.00 bits per heavy atom. The number of benzene rings is 2. The average molecular weight is 353 g/mol. The number of nitrogens with one attached hydrogen (secondary N) is 1. The summed E-state index contributed by atoms with van der Waals surface area (Å²) in [5.41, 5.74) is 6.04. The van der Waals surface area contributed by atoms with Crippen molar-refractivity contribution in [1.82, 2.24) is 5.32 Å². The minimum absolute atomic E-state index is 0.106. The van der Waals surface area contributed by atoms with E-state index in [-0.39, 0.29) is 6.04 Å². The number of rotatable bonds is 3. The second kappa shape index (κ2) is 6.30. The van der Waals surface area contributed by atoms with Gasteiger partial charge in [0.1, 0.15) is 0 Å². The van der Waals surface area contributed by atoms with Crippen molar-refractivity contribution in [1.29, 1.82) is 0 Å². The molecule has 1 N–H and O–H groups in total. The van der Waals surface area contributed by atoms with E-state index in [9.17, 15) is 0 Å². The third kappa shape index (κ3) is 3.08. The molecule has 0 spiro atoms. The molecule has 1 unspecified atom stereocenters. The van der Waals surface area contributed by atoms with Crippen LogP contribution in [0.1, 0.15) is 33.9 Å². The molecule has 0 aromatic heterocycles. The molecule has 3 heteroatoms. The van der Waals surface area contributed by atoms with E-state index in [0.717, 1.165) is 15.1 Å². The molecule has 2 aromatic carbocycles. The van der Waals surface area contributed by atoms with Crippen LogP contribution in [0.15, 0.2) is 34.8 Å². The summed E-state index contributed by atoms with van der Waals surface area (Å²) >= 11 is 10.0. The van der Waals surface area contributed by atoms with E-state index in [1.165, 1.54) is 22.3 Å². The van der Waals surface area contributed by atoms with Gasteiger partial charge >= 0.3 is 0 Å². The van der Waals surface area contributed by atoms with Gasteiger partial charge in [-0.2, -0.15) is 0 Å². The van der Waals surface area contributed by atoms with Gasteiger partial charge in [-0.3, -0.25) is 0 Å². The minimum atomic E-state index is 0.106. The van der Waals surface area contributed by atoms with Crippen LogP contribution in [-0.4, -0.2) is 7.05 Å². The number of hydrogen-bond acceptors (Lipinski definition) is 1. The van der Waals surface area contributed by atoms with Crippen LogP contribution in [0.5, 0.6) is 0 Å². The van der Waals surface area contributed by atoms with Gasteiger partial charge < -0.3 is 5.32 Å². The fraction of sp³-hybridized carbons (Fsp3) is 0.294. The smallest absolute Gasteiger partial charge is 0.0591 e. The summed E-state index contributed by atoms with van der Waals surface area (Å²) in [7, 11) is 1.97. The van der Waals surface area contributed by atoms with Gasteiger partial charge in [-0.15, -0.1) is 0 Å². The molecule has 0 aliphatic rings. The Morgan fingerprint density at radius 2 is 1.70 bits per heavy atom. The van der Waals surface area contributed by atoms with E-state index >= 15 is 0 Å². The zero-order chi connectivity index (χ0) is 14.9. The SMILES string of the molecule is CNC(c1cc(C)c(Br)cc1C)c1ccc(C)cc1Cl. The zero-order valence-corrected chi connectivity index (χ0v) is 14.6. The van der Waals surface area contributed by atoms with Crippen LogP contribution in [-0.2, 0) is 0 Å². The molecule has 2 aromatic rings. The molecule has 106 valence electrons. The Bertz CT molecular complexity index is 637. The highest BCUT2D eigenvalue weighted by Gasteiger charge is 2.18. The van der Waals surface area contributed by atoms with Crippen molar-refractivity contribution >= 4 is 27.5 Å². The summed E-state index contributed by atoms with van der Waals surface area (Å²) in [6.45, 7) is 6.29. The van der Waals surface area contributed by atoms with Gasteiger partial charge in [0.25, 0.3) is 0 Å². The number of halogens is 2. The molecule has 0 heterocycles. The Balaban J connectivity index is 2.55. The fourth-order valence-corrected chi connectivity index (χ4v) is 3.26. The van der Waals surface area contributed by atoms with Crippen molar-refractivity contribution < 1.29 is 0 Å². The van der Waals surface area contributed by atoms with Crippen molar-refractivity contribution in [3.63, 3.8) is 0 Å². The summed E-state index contributed by atoms with van der Waals surface area (Å²) in [5, 5.41) is 4.19. The van der Waals surface area contributed by atoms with Crippen LogP contribution >= 0.6 is 27.5 Å². The summed E-state index contributed by atoms with van der Waals surface area (Å²) < 4.78 is 1.14. The van der Waals surface area contributed by atoms with Crippen molar-refractivity contribution in [3.05, 3.63) is 67.6 Å². The van der Waals surface area contributed by atoms with Gasteiger partial charge in [0.15, 0.2) is 0 Å². The largest absolute Gasteiger partial charge is 0.309 e. The number of hydrogen-bond donors (Lipinski definition) is 1. The van der Waals surface area contributed by atoms with Crippen molar-refractivity contribution in [3.8, 4) is 0 Å². The van der Waals surface area contributed by atoms with Gasteiger partial charge in [0.05, 0.1) is 6.04 Å². The third-order valence-electron chi connectivity index (χ3n) is 3.61. The topological polar surface area (TPSA) is 12.0 Å². The van der Waals surface area contributed by atoms with Crippen LogP contribution in [0.25, 0.3) is 0 Å². The van der Waals surface area contributed by atoms with E-state index in [4.69, 9.17) is 11.6 Å². The lowest BCUT2D eigenvalue weighted by Gasteiger charge is -2.22. The Labute approximate surface area is 134 Å². The van der Waals surface area contributed by atoms with E-state index in [1.54, 1.807) is 0 Å². The summed E-state index contributed by atoms with van der Waals surface area (Å²) in [6, 6.07) is 10.7. The molecule has 0 saturated carbocycles. The first-order chi connectivity index (χ1) is 9.43. The van der Waals surface area contributed by atoms with E-state index in [1.807, 2.05) is 13.1 Å². The Morgan fingerprint density at radius 3 is 2.30 bits per heavy atom. The molecule has 0 radical (unpaired) electrons. The maximum atomic E-state index is 6.43. The lowest BCUT2D eigenvalue weighted by molar-refractivity contribution is 0.687. The maximum absolute atomic E-state index is 6.43. The van der Waals surface area contributed by atoms with Gasteiger partial charge in [0.2, 0.25) is 0 Å². The van der Waals surface area contributed by atoms with Crippen LogP contribution < -0.4 is 5.32 Å². The highest BCUT2D eigenvalue weighted by Crippen LogP contribution is 2.32. The highest BCUT2D eigenvalue weighted by atomic mass is 79.9. The van der Waals surface area contributed by atoms with Gasteiger partial charge in [-0.25, -0.2) is 0 Å². The summed E-state index contributed by atoms with van der Waals surface area (Å²) in [4.78, 5) is 0. The molecule has 0 amide bonds. The maximum Gasteiger partial charge on any atom is 0.0591 e. The molecule has 0 bridgehead atoms. The third-order valence-corrected chi connectivity index (χ3v) is 4.80. The Kier molecular flexibility index (Phi) is 4.90. The fourth-order valence-electron chi connectivity index (χ4n) is 2.46. The average Bonchev–Trinajstić information content (AvgIpc) is 2.38. The molecule has 0 fully saturated rings. The standard InChI is InChI=1S/C17H19BrClN/c1-10-5-6-13(16(19)7-10)17(20-4)14-8-12(3)15(18)9-11(14)2/h5-9,17,20H,1-4H3. The van der Waals surface area contributed by atoms with Crippen molar-refractivity contribution in [2.24, 2.45) is 0 Å². The second-order valence-electron chi connectivity index (χ2n) is 5.20. The lowest BCUT2D eigenvalue weighted by atomic mass is 9.93. The predicted molar refractivity (Wildman–Crippen MR) is 90.7 cm³/mol.